The summed E-state index contributed by atoms with van der Waals surface area (Å²) in [6.07, 6.45) is 2.36. The number of benzene rings is 1. The Labute approximate surface area is 105 Å². The van der Waals surface area contributed by atoms with Gasteiger partial charge in [-0.3, -0.25) is 0 Å². The molecule has 1 aromatic carbocycles. The molecule has 0 aliphatic carbocycles. The molecule has 17 heavy (non-hydrogen) atoms. The molecule has 2 rings (SSSR count). The van der Waals surface area contributed by atoms with Crippen LogP contribution in [0.15, 0.2) is 36.0 Å². The lowest BCUT2D eigenvalue weighted by Gasteiger charge is -2.11. The van der Waals surface area contributed by atoms with Crippen LogP contribution < -0.4 is 10.9 Å². The minimum Gasteiger partial charge on any atom is -0.325 e. The molecule has 0 fully saturated rings. The predicted octanol–water partition coefficient (Wildman–Crippen LogP) is 3.72. The average Bonchev–Trinajstić information content (AvgIpc) is 2.72. The molecule has 2 N–H and O–H groups in total. The molecule has 1 heterocycles. The van der Waals surface area contributed by atoms with Gasteiger partial charge < -0.3 is 5.43 Å². The van der Waals surface area contributed by atoms with E-state index in [1.807, 2.05) is 0 Å². The van der Waals surface area contributed by atoms with Crippen molar-refractivity contribution in [3.05, 3.63) is 41.6 Å². The Morgan fingerprint density at radius 3 is 2.18 bits per heavy atom. The van der Waals surface area contributed by atoms with Gasteiger partial charge in [0.15, 0.2) is 0 Å². The van der Waals surface area contributed by atoms with Gasteiger partial charge in [0.05, 0.1) is 6.04 Å². The van der Waals surface area contributed by atoms with Crippen LogP contribution in [-0.4, -0.2) is 6.04 Å². The fourth-order valence-electron chi connectivity index (χ4n) is 1.94. The lowest BCUT2D eigenvalue weighted by Crippen LogP contribution is -2.31. The molecule has 1 aliphatic rings. The van der Waals surface area contributed by atoms with Gasteiger partial charge in [0.1, 0.15) is 0 Å². The quantitative estimate of drug-likeness (QED) is 0.812. The summed E-state index contributed by atoms with van der Waals surface area (Å²) in [7, 11) is 0. The van der Waals surface area contributed by atoms with Crippen molar-refractivity contribution < 1.29 is 0 Å². The fourth-order valence-corrected chi connectivity index (χ4v) is 1.94. The number of hydrogen-bond donors (Lipinski definition) is 2. The van der Waals surface area contributed by atoms with Crippen LogP contribution in [0.5, 0.6) is 0 Å². The highest BCUT2D eigenvalue weighted by atomic mass is 15.4. The summed E-state index contributed by atoms with van der Waals surface area (Å²) in [6, 6.07) is 11.0. The third kappa shape index (κ3) is 3.60. The first-order valence-corrected chi connectivity index (χ1v) is 6.52. The molecule has 0 radical (unpaired) electrons. The molecule has 1 atom stereocenters. The first kappa shape index (κ1) is 13.8. The summed E-state index contributed by atoms with van der Waals surface area (Å²) in [5.74, 6) is 0. The van der Waals surface area contributed by atoms with Crippen molar-refractivity contribution in [1.82, 2.24) is 10.9 Å². The molecule has 0 saturated heterocycles. The van der Waals surface area contributed by atoms with E-state index in [0.29, 0.717) is 6.04 Å². The SMILES string of the molecule is CCC.CCC1NNC(C)=C1c1ccccc1. The van der Waals surface area contributed by atoms with Gasteiger partial charge in [0, 0.05) is 5.70 Å². The molecular weight excluding hydrogens is 208 g/mol. The second kappa shape index (κ2) is 7.13. The zero-order valence-electron chi connectivity index (χ0n) is 11.4. The Hall–Kier alpha value is -1.28. The second-order valence-corrected chi connectivity index (χ2v) is 4.34. The van der Waals surface area contributed by atoms with Crippen LogP contribution in [0, 0.1) is 0 Å². The fraction of sp³-hybridized carbons (Fsp3) is 0.467. The summed E-state index contributed by atoms with van der Waals surface area (Å²) < 4.78 is 0. The summed E-state index contributed by atoms with van der Waals surface area (Å²) in [4.78, 5) is 0. The van der Waals surface area contributed by atoms with Gasteiger partial charge in [-0.2, -0.15) is 0 Å². The largest absolute Gasteiger partial charge is 0.325 e. The standard InChI is InChI=1S/C12H16N2.C3H8/c1-3-11-12(9(2)13-14-11)10-7-5-4-6-8-10;1-3-2/h4-8,11,13-14H,3H2,1-2H3;3H2,1-2H3. The first-order valence-electron chi connectivity index (χ1n) is 6.52. The van der Waals surface area contributed by atoms with Crippen molar-refractivity contribution >= 4 is 5.57 Å². The Kier molecular flexibility index (Phi) is 5.78. The third-order valence-electron chi connectivity index (χ3n) is 2.68. The minimum atomic E-state index is 0.442. The molecule has 1 aliphatic heterocycles. The molecule has 2 nitrogen and oxygen atoms in total. The summed E-state index contributed by atoms with van der Waals surface area (Å²) in [5, 5.41) is 0. The van der Waals surface area contributed by atoms with Crippen LogP contribution in [0.1, 0.15) is 46.1 Å². The van der Waals surface area contributed by atoms with Crippen molar-refractivity contribution in [2.24, 2.45) is 0 Å². The molecule has 1 aromatic rings. The highest BCUT2D eigenvalue weighted by Gasteiger charge is 2.21. The maximum Gasteiger partial charge on any atom is 0.0530 e. The van der Waals surface area contributed by atoms with E-state index in [9.17, 15) is 0 Å². The Morgan fingerprint density at radius 2 is 1.65 bits per heavy atom. The van der Waals surface area contributed by atoms with Crippen LogP contribution in [0.25, 0.3) is 5.57 Å². The van der Waals surface area contributed by atoms with Gasteiger partial charge >= 0.3 is 0 Å². The normalized spacial score (nSPS) is 18.5. The molecule has 0 spiro atoms. The van der Waals surface area contributed by atoms with Gasteiger partial charge in [-0.25, -0.2) is 5.43 Å². The number of allylic oxidation sites excluding steroid dienone is 1. The zero-order chi connectivity index (χ0) is 12.7. The molecule has 2 heteroatoms. The van der Waals surface area contributed by atoms with Crippen molar-refractivity contribution in [3.8, 4) is 0 Å². The topological polar surface area (TPSA) is 24.1 Å². The second-order valence-electron chi connectivity index (χ2n) is 4.34. The molecule has 0 saturated carbocycles. The van der Waals surface area contributed by atoms with Crippen LogP contribution in [-0.2, 0) is 0 Å². The molecule has 0 amide bonds. The van der Waals surface area contributed by atoms with E-state index < -0.39 is 0 Å². The van der Waals surface area contributed by atoms with Crippen LogP contribution >= 0.6 is 0 Å². The number of rotatable bonds is 2. The Bertz CT molecular complexity index is 354. The smallest absolute Gasteiger partial charge is 0.0530 e. The van der Waals surface area contributed by atoms with Crippen LogP contribution in [0.2, 0.25) is 0 Å². The zero-order valence-corrected chi connectivity index (χ0v) is 11.4. The molecular formula is C15H24N2. The van der Waals surface area contributed by atoms with Crippen molar-refractivity contribution in [3.63, 3.8) is 0 Å². The molecule has 0 bridgehead atoms. The van der Waals surface area contributed by atoms with E-state index in [4.69, 9.17) is 0 Å². The van der Waals surface area contributed by atoms with Gasteiger partial charge in [0.25, 0.3) is 0 Å². The average molecular weight is 232 g/mol. The Morgan fingerprint density at radius 1 is 1.06 bits per heavy atom. The third-order valence-corrected chi connectivity index (χ3v) is 2.68. The molecule has 94 valence electrons. The lowest BCUT2D eigenvalue weighted by molar-refractivity contribution is 0.568. The van der Waals surface area contributed by atoms with E-state index in [0.717, 1.165) is 6.42 Å². The maximum absolute atomic E-state index is 3.28. The van der Waals surface area contributed by atoms with E-state index in [1.54, 1.807) is 0 Å². The van der Waals surface area contributed by atoms with Crippen molar-refractivity contribution in [1.29, 1.82) is 0 Å². The first-order chi connectivity index (χ1) is 8.24. The maximum atomic E-state index is 3.28. The van der Waals surface area contributed by atoms with Crippen LogP contribution in [0.4, 0.5) is 0 Å². The van der Waals surface area contributed by atoms with E-state index in [-0.39, 0.29) is 0 Å². The van der Waals surface area contributed by atoms with E-state index >= 15 is 0 Å². The van der Waals surface area contributed by atoms with E-state index in [1.165, 1.54) is 23.3 Å². The highest BCUT2D eigenvalue weighted by Crippen LogP contribution is 2.25. The van der Waals surface area contributed by atoms with Crippen LogP contribution in [0.3, 0.4) is 0 Å². The lowest BCUT2D eigenvalue weighted by atomic mass is 9.97. The van der Waals surface area contributed by atoms with Crippen molar-refractivity contribution in [2.45, 2.75) is 46.6 Å². The molecule has 1 unspecified atom stereocenters. The number of hydrogen-bond acceptors (Lipinski definition) is 2. The van der Waals surface area contributed by atoms with Crippen molar-refractivity contribution in [2.75, 3.05) is 0 Å². The van der Waals surface area contributed by atoms with Gasteiger partial charge in [-0.15, -0.1) is 0 Å². The van der Waals surface area contributed by atoms with Gasteiger partial charge in [0.2, 0.25) is 0 Å². The highest BCUT2D eigenvalue weighted by molar-refractivity contribution is 5.73. The monoisotopic (exact) mass is 232 g/mol. The Balaban J connectivity index is 0.000000437. The number of nitrogens with one attached hydrogen (secondary N) is 2. The summed E-state index contributed by atoms with van der Waals surface area (Å²) in [5.41, 5.74) is 10.4. The molecule has 0 aromatic heterocycles. The summed E-state index contributed by atoms with van der Waals surface area (Å²) >= 11 is 0. The summed E-state index contributed by atoms with van der Waals surface area (Å²) in [6.45, 7) is 8.56. The van der Waals surface area contributed by atoms with E-state index in [2.05, 4.69) is 68.9 Å². The van der Waals surface area contributed by atoms with Gasteiger partial charge in [-0.05, 0) is 24.5 Å². The van der Waals surface area contributed by atoms with Gasteiger partial charge in [-0.1, -0.05) is 57.5 Å². The minimum absolute atomic E-state index is 0.442. The predicted molar refractivity (Wildman–Crippen MR) is 75.4 cm³/mol. The number of hydrazine groups is 1.